The fourth-order valence-corrected chi connectivity index (χ4v) is 4.20. The molecule has 3 heterocycles. The first-order valence-corrected chi connectivity index (χ1v) is 9.61. The van der Waals surface area contributed by atoms with E-state index in [4.69, 9.17) is 21.1 Å². The van der Waals surface area contributed by atoms with Crippen LogP contribution < -0.4 is 15.2 Å². The summed E-state index contributed by atoms with van der Waals surface area (Å²) in [6.07, 6.45) is 4.09. The van der Waals surface area contributed by atoms with Crippen LogP contribution in [0.1, 0.15) is 41.2 Å². The number of benzene rings is 1. The Hall–Kier alpha value is -2.51. The highest BCUT2D eigenvalue weighted by molar-refractivity contribution is 6.32. The lowest BCUT2D eigenvalue weighted by atomic mass is 9.94. The van der Waals surface area contributed by atoms with Crippen LogP contribution in [0.25, 0.3) is 11.3 Å². The number of fused-ring (bicyclic) bond motifs is 6. The molecule has 1 saturated heterocycles. The van der Waals surface area contributed by atoms with E-state index in [9.17, 15) is 14.7 Å². The van der Waals surface area contributed by atoms with Crippen LogP contribution >= 0.6 is 11.6 Å². The van der Waals surface area contributed by atoms with Crippen molar-refractivity contribution in [3.05, 3.63) is 50.8 Å². The molecule has 1 aromatic heterocycles. The Kier molecular flexibility index (Phi) is 5.03. The van der Waals surface area contributed by atoms with Gasteiger partial charge in [-0.3, -0.25) is 9.47 Å². The Bertz CT molecular complexity index is 987. The number of carboxylic acid groups (broad SMARTS) is 1. The largest absolute Gasteiger partial charge is 0.492 e. The van der Waals surface area contributed by atoms with E-state index in [-0.39, 0.29) is 11.6 Å². The average Bonchev–Trinajstić information content (AvgIpc) is 3.15. The van der Waals surface area contributed by atoms with Crippen molar-refractivity contribution in [1.29, 1.82) is 0 Å². The highest BCUT2D eigenvalue weighted by atomic mass is 35.5. The summed E-state index contributed by atoms with van der Waals surface area (Å²) in [4.78, 5) is 23.7. The van der Waals surface area contributed by atoms with Crippen molar-refractivity contribution in [1.82, 2.24) is 4.68 Å². The van der Waals surface area contributed by atoms with E-state index in [2.05, 4.69) is 5.01 Å². The zero-order chi connectivity index (χ0) is 19.8. The zero-order valence-electron chi connectivity index (χ0n) is 15.5. The molecule has 4 rings (SSSR count). The summed E-state index contributed by atoms with van der Waals surface area (Å²) in [5.41, 5.74) is 1.79. The zero-order valence-corrected chi connectivity index (χ0v) is 16.2. The predicted octanol–water partition coefficient (Wildman–Crippen LogP) is 3.07. The number of carboxylic acids is 1. The standard InChI is InChI=1S/C20H21ClN2O5/c1-27-6-3-7-28-19-9-13-12(8-15(19)21)17-10-18(24)14(20(25)26)11-23(17)22-5-2-4-16(13)22/h8-11,16H,2-7H2,1H3,(H,25,26)/t16-/m1/s1. The van der Waals surface area contributed by atoms with Crippen molar-refractivity contribution >= 4 is 17.6 Å². The molecule has 2 aliphatic rings. The summed E-state index contributed by atoms with van der Waals surface area (Å²) in [5, 5.41) is 11.9. The fraction of sp³-hybridized carbons (Fsp3) is 0.400. The monoisotopic (exact) mass is 404 g/mol. The van der Waals surface area contributed by atoms with Crippen LogP contribution in [0.2, 0.25) is 5.02 Å². The van der Waals surface area contributed by atoms with Gasteiger partial charge in [-0.15, -0.1) is 0 Å². The van der Waals surface area contributed by atoms with E-state index in [0.29, 0.717) is 29.7 Å². The lowest BCUT2D eigenvalue weighted by molar-refractivity contribution is 0.0694. The van der Waals surface area contributed by atoms with Gasteiger partial charge in [-0.25, -0.2) is 4.79 Å². The van der Waals surface area contributed by atoms with Crippen LogP contribution in [0.4, 0.5) is 0 Å². The number of aromatic nitrogens is 1. The molecule has 28 heavy (non-hydrogen) atoms. The Labute approximate surface area is 167 Å². The molecule has 0 saturated carbocycles. The van der Waals surface area contributed by atoms with Crippen LogP contribution in [0, 0.1) is 0 Å². The lowest BCUT2D eigenvalue weighted by Gasteiger charge is -2.37. The van der Waals surface area contributed by atoms with Crippen molar-refractivity contribution in [2.75, 3.05) is 31.9 Å². The number of hydrogen-bond donors (Lipinski definition) is 1. The van der Waals surface area contributed by atoms with Gasteiger partial charge in [0.05, 0.1) is 23.4 Å². The summed E-state index contributed by atoms with van der Waals surface area (Å²) in [6, 6.07) is 5.23. The first-order chi connectivity index (χ1) is 13.5. The molecule has 8 heteroatoms. The number of hydrogen-bond acceptors (Lipinski definition) is 5. The number of halogens is 1. The van der Waals surface area contributed by atoms with Crippen molar-refractivity contribution < 1.29 is 19.4 Å². The second-order valence-corrected chi connectivity index (χ2v) is 7.38. The summed E-state index contributed by atoms with van der Waals surface area (Å²) >= 11 is 6.45. The molecule has 2 aliphatic heterocycles. The summed E-state index contributed by atoms with van der Waals surface area (Å²) < 4.78 is 12.7. The van der Waals surface area contributed by atoms with Gasteiger partial charge in [0.15, 0.2) is 5.43 Å². The number of aromatic carboxylic acids is 1. The van der Waals surface area contributed by atoms with E-state index in [0.717, 1.165) is 36.9 Å². The summed E-state index contributed by atoms with van der Waals surface area (Å²) in [5.74, 6) is -0.610. The number of pyridine rings is 1. The fourth-order valence-electron chi connectivity index (χ4n) is 3.99. The maximum absolute atomic E-state index is 12.3. The molecule has 0 bridgehead atoms. The molecule has 0 aliphatic carbocycles. The molecule has 1 atom stereocenters. The topological polar surface area (TPSA) is 81.0 Å². The number of ether oxygens (including phenoxy) is 2. The van der Waals surface area contributed by atoms with Gasteiger partial charge in [0, 0.05) is 44.5 Å². The van der Waals surface area contributed by atoms with Gasteiger partial charge in [0.2, 0.25) is 0 Å². The normalized spacial score (nSPS) is 17.1. The molecule has 2 aromatic rings. The Morgan fingerprint density at radius 3 is 2.89 bits per heavy atom. The van der Waals surface area contributed by atoms with E-state index in [1.54, 1.807) is 11.8 Å². The van der Waals surface area contributed by atoms with Gasteiger partial charge >= 0.3 is 5.97 Å². The molecule has 148 valence electrons. The molecule has 1 aromatic carbocycles. The highest BCUT2D eigenvalue weighted by Gasteiger charge is 2.35. The first-order valence-electron chi connectivity index (χ1n) is 9.23. The third-order valence-corrected chi connectivity index (χ3v) is 5.55. The van der Waals surface area contributed by atoms with E-state index < -0.39 is 11.4 Å². The quantitative estimate of drug-likeness (QED) is 0.745. The number of methoxy groups -OCH3 is 1. The van der Waals surface area contributed by atoms with E-state index in [1.807, 2.05) is 12.1 Å². The average molecular weight is 405 g/mol. The molecule has 0 spiro atoms. The SMILES string of the molecule is COCCCOc1cc2c(cc1Cl)-c1cc(=O)c(C(=O)O)cn1N1CCC[C@H]21. The predicted molar refractivity (Wildman–Crippen MR) is 105 cm³/mol. The maximum atomic E-state index is 12.3. The van der Waals surface area contributed by atoms with Crippen molar-refractivity contribution in [2.45, 2.75) is 25.3 Å². The summed E-state index contributed by atoms with van der Waals surface area (Å²) in [7, 11) is 1.65. The van der Waals surface area contributed by atoms with Gasteiger partial charge < -0.3 is 19.6 Å². The van der Waals surface area contributed by atoms with Crippen LogP contribution in [-0.4, -0.2) is 42.6 Å². The number of carbonyl (C=O) groups is 1. The minimum atomic E-state index is -1.22. The lowest BCUT2D eigenvalue weighted by Crippen LogP contribution is -2.39. The van der Waals surface area contributed by atoms with Crippen LogP contribution in [0.15, 0.2) is 29.2 Å². The Morgan fingerprint density at radius 2 is 2.14 bits per heavy atom. The Morgan fingerprint density at radius 1 is 1.32 bits per heavy atom. The second-order valence-electron chi connectivity index (χ2n) is 6.97. The molecule has 0 radical (unpaired) electrons. The van der Waals surface area contributed by atoms with Crippen molar-refractivity contribution in [3.8, 4) is 17.0 Å². The van der Waals surface area contributed by atoms with E-state index in [1.165, 1.54) is 12.3 Å². The minimum absolute atomic E-state index is 0.0882. The number of nitrogens with zero attached hydrogens (tertiary/aromatic N) is 2. The molecule has 0 amide bonds. The molecule has 7 nitrogen and oxygen atoms in total. The van der Waals surface area contributed by atoms with Gasteiger partial charge in [0.1, 0.15) is 11.3 Å². The second kappa shape index (κ2) is 7.48. The minimum Gasteiger partial charge on any atom is -0.492 e. The van der Waals surface area contributed by atoms with Gasteiger partial charge in [0.25, 0.3) is 0 Å². The molecule has 1 fully saturated rings. The van der Waals surface area contributed by atoms with Crippen LogP contribution in [-0.2, 0) is 4.74 Å². The van der Waals surface area contributed by atoms with Gasteiger partial charge in [-0.1, -0.05) is 11.6 Å². The van der Waals surface area contributed by atoms with Crippen LogP contribution in [0.5, 0.6) is 5.75 Å². The van der Waals surface area contributed by atoms with Crippen molar-refractivity contribution in [2.24, 2.45) is 0 Å². The summed E-state index contributed by atoms with van der Waals surface area (Å²) in [6.45, 7) is 1.89. The van der Waals surface area contributed by atoms with Gasteiger partial charge in [-0.05, 0) is 30.5 Å². The molecular formula is C20H21ClN2O5. The van der Waals surface area contributed by atoms with Crippen molar-refractivity contribution in [3.63, 3.8) is 0 Å². The third kappa shape index (κ3) is 3.14. The molecule has 1 N–H and O–H groups in total. The molecular weight excluding hydrogens is 384 g/mol. The third-order valence-electron chi connectivity index (χ3n) is 5.25. The first kappa shape index (κ1) is 18.8. The van der Waals surface area contributed by atoms with Crippen LogP contribution in [0.3, 0.4) is 0 Å². The molecule has 0 unspecified atom stereocenters. The Balaban J connectivity index is 1.80. The highest BCUT2D eigenvalue weighted by Crippen LogP contribution is 2.45. The smallest absolute Gasteiger partial charge is 0.341 e. The maximum Gasteiger partial charge on any atom is 0.341 e. The van der Waals surface area contributed by atoms with E-state index >= 15 is 0 Å². The number of rotatable bonds is 6. The van der Waals surface area contributed by atoms with Gasteiger partial charge in [-0.2, -0.15) is 0 Å².